The predicted molar refractivity (Wildman–Crippen MR) is 115 cm³/mol. The van der Waals surface area contributed by atoms with Crippen molar-refractivity contribution in [3.63, 3.8) is 0 Å². The molecule has 0 saturated heterocycles. The maximum Gasteiger partial charge on any atom is 0.260 e. The Morgan fingerprint density at radius 3 is 2.54 bits per heavy atom. The molecule has 5 heteroatoms. The third kappa shape index (κ3) is 3.66. The molecule has 140 valence electrons. The first-order chi connectivity index (χ1) is 13.5. The fraction of sp³-hybridized carbons (Fsp3) is 0.174. The van der Waals surface area contributed by atoms with Crippen LogP contribution in [-0.2, 0) is 6.54 Å². The fourth-order valence-corrected chi connectivity index (χ4v) is 4.25. The van der Waals surface area contributed by atoms with Crippen LogP contribution in [0.5, 0.6) is 0 Å². The van der Waals surface area contributed by atoms with E-state index in [1.165, 1.54) is 11.1 Å². The highest BCUT2D eigenvalue weighted by Crippen LogP contribution is 2.33. The molecule has 0 spiro atoms. The van der Waals surface area contributed by atoms with Gasteiger partial charge < -0.3 is 0 Å². The second-order valence-electron chi connectivity index (χ2n) is 7.05. The lowest BCUT2D eigenvalue weighted by molar-refractivity contribution is 0.0985. The van der Waals surface area contributed by atoms with Crippen molar-refractivity contribution in [1.29, 1.82) is 0 Å². The van der Waals surface area contributed by atoms with Gasteiger partial charge in [-0.15, -0.1) is 0 Å². The van der Waals surface area contributed by atoms with Crippen molar-refractivity contribution >= 4 is 32.6 Å². The number of amides is 1. The Bertz CT molecular complexity index is 1130. The molecule has 2 aromatic carbocycles. The number of carbonyl (C=O) groups excluding carboxylic acids is 1. The van der Waals surface area contributed by atoms with Crippen molar-refractivity contribution in [2.75, 3.05) is 4.90 Å². The first-order valence-electron chi connectivity index (χ1n) is 9.16. The number of pyridine rings is 1. The van der Waals surface area contributed by atoms with Crippen LogP contribution in [0.4, 0.5) is 5.13 Å². The van der Waals surface area contributed by atoms with E-state index in [0.717, 1.165) is 21.3 Å². The van der Waals surface area contributed by atoms with Crippen molar-refractivity contribution in [3.05, 3.63) is 88.7 Å². The van der Waals surface area contributed by atoms with Crippen LogP contribution in [-0.4, -0.2) is 15.9 Å². The summed E-state index contributed by atoms with van der Waals surface area (Å²) in [5, 5.41) is 0.707. The Hall–Kier alpha value is -3.05. The topological polar surface area (TPSA) is 46.1 Å². The van der Waals surface area contributed by atoms with E-state index in [9.17, 15) is 4.79 Å². The SMILES string of the molecule is Cc1ccc(C(=O)N(Cc2cccnc2)c2nc3cc(C)cc(C)c3s2)cc1. The number of carbonyl (C=O) groups is 1. The molecular weight excluding hydrogens is 366 g/mol. The Labute approximate surface area is 168 Å². The zero-order valence-corrected chi connectivity index (χ0v) is 17.0. The predicted octanol–water partition coefficient (Wildman–Crippen LogP) is 5.46. The molecule has 0 aliphatic rings. The molecule has 0 aliphatic heterocycles. The van der Waals surface area contributed by atoms with Crippen LogP contribution in [0.3, 0.4) is 0 Å². The molecule has 0 aliphatic carbocycles. The van der Waals surface area contributed by atoms with E-state index in [4.69, 9.17) is 4.98 Å². The summed E-state index contributed by atoms with van der Waals surface area (Å²) in [7, 11) is 0. The lowest BCUT2D eigenvalue weighted by atomic mass is 10.1. The van der Waals surface area contributed by atoms with E-state index >= 15 is 0 Å². The van der Waals surface area contributed by atoms with E-state index in [2.05, 4.69) is 31.0 Å². The van der Waals surface area contributed by atoms with Crippen LogP contribution < -0.4 is 4.90 Å². The minimum Gasteiger partial charge on any atom is -0.279 e. The molecule has 0 atom stereocenters. The van der Waals surface area contributed by atoms with Crippen molar-refractivity contribution in [2.45, 2.75) is 27.3 Å². The minimum absolute atomic E-state index is 0.0581. The third-order valence-electron chi connectivity index (χ3n) is 4.65. The number of hydrogen-bond donors (Lipinski definition) is 0. The van der Waals surface area contributed by atoms with Crippen LogP contribution in [0, 0.1) is 20.8 Å². The monoisotopic (exact) mass is 387 g/mol. The number of anilines is 1. The van der Waals surface area contributed by atoms with Gasteiger partial charge in [-0.3, -0.25) is 14.7 Å². The summed E-state index contributed by atoms with van der Waals surface area (Å²) in [5.74, 6) is -0.0581. The average Bonchev–Trinajstić information content (AvgIpc) is 3.11. The van der Waals surface area contributed by atoms with Gasteiger partial charge in [0.25, 0.3) is 5.91 Å². The fourth-order valence-electron chi connectivity index (χ4n) is 3.23. The Balaban J connectivity index is 1.79. The molecule has 0 bridgehead atoms. The molecule has 1 amide bonds. The average molecular weight is 388 g/mol. The van der Waals surface area contributed by atoms with Crippen LogP contribution in [0.25, 0.3) is 10.2 Å². The smallest absolute Gasteiger partial charge is 0.260 e. The van der Waals surface area contributed by atoms with E-state index in [1.54, 1.807) is 28.6 Å². The van der Waals surface area contributed by atoms with Crippen LogP contribution in [0.1, 0.15) is 32.6 Å². The van der Waals surface area contributed by atoms with Gasteiger partial charge in [0.2, 0.25) is 0 Å². The van der Waals surface area contributed by atoms with E-state index in [1.807, 2.05) is 43.3 Å². The van der Waals surface area contributed by atoms with Gasteiger partial charge in [0.05, 0.1) is 16.8 Å². The second kappa shape index (κ2) is 7.52. The minimum atomic E-state index is -0.0581. The molecule has 0 unspecified atom stereocenters. The van der Waals surface area contributed by atoms with Gasteiger partial charge in [0.1, 0.15) is 0 Å². The van der Waals surface area contributed by atoms with Crippen molar-refractivity contribution in [3.8, 4) is 0 Å². The van der Waals surface area contributed by atoms with E-state index in [0.29, 0.717) is 17.2 Å². The first kappa shape index (κ1) is 18.3. The number of aromatic nitrogens is 2. The summed E-state index contributed by atoms with van der Waals surface area (Å²) in [5.41, 5.74) is 6.04. The molecule has 0 saturated carbocycles. The van der Waals surface area contributed by atoms with Gasteiger partial charge in [0.15, 0.2) is 5.13 Å². The third-order valence-corrected chi connectivity index (χ3v) is 5.88. The Kier molecular flexibility index (Phi) is 4.92. The normalized spacial score (nSPS) is 11.0. The quantitative estimate of drug-likeness (QED) is 0.467. The van der Waals surface area contributed by atoms with E-state index < -0.39 is 0 Å². The highest BCUT2D eigenvalue weighted by Gasteiger charge is 2.22. The molecule has 0 radical (unpaired) electrons. The van der Waals surface area contributed by atoms with Gasteiger partial charge in [-0.05, 0) is 61.7 Å². The summed E-state index contributed by atoms with van der Waals surface area (Å²) in [6.45, 7) is 6.60. The Morgan fingerprint density at radius 2 is 1.82 bits per heavy atom. The number of benzene rings is 2. The van der Waals surface area contributed by atoms with Gasteiger partial charge in [0, 0.05) is 18.0 Å². The van der Waals surface area contributed by atoms with E-state index in [-0.39, 0.29) is 5.91 Å². The molecule has 4 rings (SSSR count). The highest BCUT2D eigenvalue weighted by molar-refractivity contribution is 7.22. The molecule has 0 N–H and O–H groups in total. The summed E-state index contributed by atoms with van der Waals surface area (Å²) in [6.07, 6.45) is 3.53. The zero-order chi connectivity index (χ0) is 19.7. The van der Waals surface area contributed by atoms with Crippen LogP contribution in [0.15, 0.2) is 60.9 Å². The number of aryl methyl sites for hydroxylation is 3. The molecule has 2 aromatic heterocycles. The van der Waals surface area contributed by atoms with Crippen molar-refractivity contribution in [2.24, 2.45) is 0 Å². The first-order valence-corrected chi connectivity index (χ1v) is 9.98. The maximum atomic E-state index is 13.4. The maximum absolute atomic E-state index is 13.4. The van der Waals surface area contributed by atoms with Gasteiger partial charge in [-0.1, -0.05) is 41.2 Å². The van der Waals surface area contributed by atoms with Gasteiger partial charge in [-0.2, -0.15) is 0 Å². The standard InChI is InChI=1S/C23H21N3OS/c1-15-6-8-19(9-7-15)22(27)26(14-18-5-4-10-24-13-18)23-25-20-12-16(2)11-17(3)21(20)28-23/h4-13H,14H2,1-3H3. The molecule has 0 fully saturated rings. The largest absolute Gasteiger partial charge is 0.279 e. The summed E-state index contributed by atoms with van der Waals surface area (Å²) in [4.78, 5) is 24.1. The highest BCUT2D eigenvalue weighted by atomic mass is 32.1. The molecule has 4 aromatic rings. The lowest BCUT2D eigenvalue weighted by Crippen LogP contribution is -2.30. The van der Waals surface area contributed by atoms with Crippen molar-refractivity contribution < 1.29 is 4.79 Å². The molecule has 2 heterocycles. The van der Waals surface area contributed by atoms with Crippen LogP contribution in [0.2, 0.25) is 0 Å². The molecule has 4 nitrogen and oxygen atoms in total. The van der Waals surface area contributed by atoms with Gasteiger partial charge in [-0.25, -0.2) is 4.98 Å². The summed E-state index contributed by atoms with van der Waals surface area (Å²) in [6, 6.07) is 15.7. The number of hydrogen-bond acceptors (Lipinski definition) is 4. The lowest BCUT2D eigenvalue weighted by Gasteiger charge is -2.20. The van der Waals surface area contributed by atoms with Crippen molar-refractivity contribution in [1.82, 2.24) is 9.97 Å². The number of fused-ring (bicyclic) bond motifs is 1. The molecular formula is C23H21N3OS. The summed E-state index contributed by atoms with van der Waals surface area (Å²) >= 11 is 1.56. The number of thiazole rings is 1. The Morgan fingerprint density at radius 1 is 1.04 bits per heavy atom. The van der Waals surface area contributed by atoms with Crippen LogP contribution >= 0.6 is 11.3 Å². The zero-order valence-electron chi connectivity index (χ0n) is 16.1. The number of nitrogens with zero attached hydrogens (tertiary/aromatic N) is 3. The molecule has 28 heavy (non-hydrogen) atoms. The van der Waals surface area contributed by atoms with Gasteiger partial charge >= 0.3 is 0 Å². The summed E-state index contributed by atoms with van der Waals surface area (Å²) < 4.78 is 1.12. The second-order valence-corrected chi connectivity index (χ2v) is 8.02. The number of rotatable bonds is 4.